The first-order valence-electron chi connectivity index (χ1n) is 8.73. The van der Waals surface area contributed by atoms with E-state index in [1.807, 2.05) is 30.3 Å². The average Bonchev–Trinajstić information content (AvgIpc) is 2.72. The van der Waals surface area contributed by atoms with Crippen molar-refractivity contribution in [3.05, 3.63) is 77.6 Å². The van der Waals surface area contributed by atoms with E-state index in [-0.39, 0.29) is 11.3 Å². The molecule has 144 valence electrons. The van der Waals surface area contributed by atoms with Crippen molar-refractivity contribution in [1.29, 1.82) is 0 Å². The zero-order chi connectivity index (χ0) is 20.5. The Morgan fingerprint density at radius 3 is 2.45 bits per heavy atom. The number of hydrogen-bond donors (Lipinski definition) is 1. The molecule has 1 aliphatic rings. The molecular weight excluding hydrogens is 375 g/mol. The molecule has 1 N–H and O–H groups in total. The third kappa shape index (κ3) is 3.12. The zero-order valence-corrected chi connectivity index (χ0v) is 15.3. The van der Waals surface area contributed by atoms with Gasteiger partial charge in [-0.25, -0.2) is 14.1 Å². The second-order valence-electron chi connectivity index (χ2n) is 6.31. The zero-order valence-electron chi connectivity index (χ0n) is 15.3. The monoisotopic (exact) mass is 390 g/mol. The summed E-state index contributed by atoms with van der Waals surface area (Å²) in [5.41, 5.74) is -0.0345. The number of carbonyl (C=O) groups excluding carboxylic acids is 3. The van der Waals surface area contributed by atoms with Crippen LogP contribution in [0.3, 0.4) is 0 Å². The number of urea groups is 1. The summed E-state index contributed by atoms with van der Waals surface area (Å²) < 4.78 is 19.6. The quantitative estimate of drug-likeness (QED) is 0.547. The second kappa shape index (κ2) is 7.20. The maximum Gasteiger partial charge on any atom is 0.336 e. The van der Waals surface area contributed by atoms with Crippen LogP contribution in [0.25, 0.3) is 16.8 Å². The lowest BCUT2D eigenvalue weighted by atomic mass is 9.99. The Labute approximate surface area is 165 Å². The number of methoxy groups -OCH3 is 1. The van der Waals surface area contributed by atoms with Crippen molar-refractivity contribution in [2.45, 2.75) is 0 Å². The Kier molecular flexibility index (Phi) is 4.56. The molecule has 0 aliphatic carbocycles. The number of nitrogens with one attached hydrogen (secondary N) is 1. The topological polar surface area (TPSA) is 75.7 Å². The average molecular weight is 390 g/mol. The number of imide groups is 2. The van der Waals surface area contributed by atoms with Crippen LogP contribution >= 0.6 is 0 Å². The van der Waals surface area contributed by atoms with Crippen LogP contribution in [0.5, 0.6) is 5.75 Å². The standard InChI is InChI=1S/C22H15FN2O4/c1-29-19-11-10-13-6-2-3-7-14(13)15(19)12-16-20(26)24-22(28)25(21(16)27)18-9-5-4-8-17(18)23/h2-12H,1H3,(H,24,26,28). The summed E-state index contributed by atoms with van der Waals surface area (Å²) in [6.07, 6.45) is 1.36. The van der Waals surface area contributed by atoms with Crippen molar-refractivity contribution in [3.8, 4) is 5.75 Å². The second-order valence-corrected chi connectivity index (χ2v) is 6.31. The molecule has 0 saturated carbocycles. The molecule has 0 aromatic heterocycles. The smallest absolute Gasteiger partial charge is 0.336 e. The molecule has 1 fully saturated rings. The van der Waals surface area contributed by atoms with Gasteiger partial charge >= 0.3 is 6.03 Å². The normalized spacial score (nSPS) is 15.7. The highest BCUT2D eigenvalue weighted by Crippen LogP contribution is 2.31. The number of anilines is 1. The first kappa shape index (κ1) is 18.4. The molecule has 4 rings (SSSR count). The summed E-state index contributed by atoms with van der Waals surface area (Å²) in [6.45, 7) is 0. The van der Waals surface area contributed by atoms with Crippen LogP contribution in [0, 0.1) is 5.82 Å². The number of ether oxygens (including phenoxy) is 1. The largest absolute Gasteiger partial charge is 0.496 e. The SMILES string of the molecule is COc1ccc2ccccc2c1C=C1C(=O)NC(=O)N(c2ccccc2F)C1=O. The molecule has 7 heteroatoms. The van der Waals surface area contributed by atoms with Gasteiger partial charge in [-0.3, -0.25) is 14.9 Å². The number of nitrogens with zero attached hydrogens (tertiary/aromatic N) is 1. The van der Waals surface area contributed by atoms with Crippen LogP contribution in [-0.4, -0.2) is 25.0 Å². The van der Waals surface area contributed by atoms with E-state index in [2.05, 4.69) is 5.32 Å². The van der Waals surface area contributed by atoms with E-state index in [1.165, 1.54) is 31.4 Å². The molecule has 0 spiro atoms. The number of barbiturate groups is 1. The van der Waals surface area contributed by atoms with E-state index in [9.17, 15) is 18.8 Å². The van der Waals surface area contributed by atoms with Gasteiger partial charge in [0.1, 0.15) is 17.1 Å². The number of amides is 4. The summed E-state index contributed by atoms with van der Waals surface area (Å²) in [5.74, 6) is -2.08. The van der Waals surface area contributed by atoms with E-state index in [0.29, 0.717) is 16.2 Å². The predicted octanol–water partition coefficient (Wildman–Crippen LogP) is 3.65. The Morgan fingerprint density at radius 2 is 1.69 bits per heavy atom. The van der Waals surface area contributed by atoms with Gasteiger partial charge in [-0.1, -0.05) is 42.5 Å². The van der Waals surface area contributed by atoms with Gasteiger partial charge < -0.3 is 4.74 Å². The third-order valence-corrected chi connectivity index (χ3v) is 4.63. The Morgan fingerprint density at radius 1 is 0.966 bits per heavy atom. The number of benzene rings is 3. The summed E-state index contributed by atoms with van der Waals surface area (Å²) in [7, 11) is 1.48. The third-order valence-electron chi connectivity index (χ3n) is 4.63. The summed E-state index contributed by atoms with van der Waals surface area (Å²) in [5, 5.41) is 3.73. The van der Waals surface area contributed by atoms with Crippen molar-refractivity contribution in [3.63, 3.8) is 0 Å². The Hall–Kier alpha value is -4.00. The maximum absolute atomic E-state index is 14.2. The fourth-order valence-electron chi connectivity index (χ4n) is 3.26. The number of hydrogen-bond acceptors (Lipinski definition) is 4. The van der Waals surface area contributed by atoms with Crippen LogP contribution in [-0.2, 0) is 9.59 Å². The highest BCUT2D eigenvalue weighted by molar-refractivity contribution is 6.39. The summed E-state index contributed by atoms with van der Waals surface area (Å²) >= 11 is 0. The highest BCUT2D eigenvalue weighted by atomic mass is 19.1. The van der Waals surface area contributed by atoms with Gasteiger partial charge in [0, 0.05) is 5.56 Å². The van der Waals surface area contributed by atoms with Crippen LogP contribution in [0.2, 0.25) is 0 Å². The molecular formula is C22H15FN2O4. The van der Waals surface area contributed by atoms with Gasteiger partial charge in [-0.15, -0.1) is 0 Å². The fourth-order valence-corrected chi connectivity index (χ4v) is 3.26. The fraction of sp³-hybridized carbons (Fsp3) is 0.0455. The van der Waals surface area contributed by atoms with Crippen molar-refractivity contribution >= 4 is 40.4 Å². The molecule has 3 aromatic rings. The minimum absolute atomic E-state index is 0.238. The van der Waals surface area contributed by atoms with Crippen molar-refractivity contribution in [1.82, 2.24) is 5.32 Å². The van der Waals surface area contributed by atoms with E-state index in [4.69, 9.17) is 4.74 Å². The highest BCUT2D eigenvalue weighted by Gasteiger charge is 2.38. The first-order chi connectivity index (χ1) is 14.0. The molecule has 3 aromatic carbocycles. The van der Waals surface area contributed by atoms with Crippen molar-refractivity contribution in [2.75, 3.05) is 12.0 Å². The molecule has 0 radical (unpaired) electrons. The van der Waals surface area contributed by atoms with E-state index in [0.717, 1.165) is 16.8 Å². The van der Waals surface area contributed by atoms with Crippen LogP contribution in [0.1, 0.15) is 5.56 Å². The predicted molar refractivity (Wildman–Crippen MR) is 106 cm³/mol. The molecule has 1 heterocycles. The van der Waals surface area contributed by atoms with Gasteiger partial charge in [-0.05, 0) is 35.0 Å². The molecule has 29 heavy (non-hydrogen) atoms. The van der Waals surface area contributed by atoms with Crippen LogP contribution < -0.4 is 15.0 Å². The lowest BCUT2D eigenvalue weighted by molar-refractivity contribution is -0.122. The number of fused-ring (bicyclic) bond motifs is 1. The summed E-state index contributed by atoms with van der Waals surface area (Å²) in [6, 6.07) is 15.3. The Balaban J connectivity index is 1.89. The van der Waals surface area contributed by atoms with Crippen molar-refractivity contribution < 1.29 is 23.5 Å². The van der Waals surface area contributed by atoms with Crippen molar-refractivity contribution in [2.24, 2.45) is 0 Å². The van der Waals surface area contributed by atoms with Crippen LogP contribution in [0.4, 0.5) is 14.9 Å². The van der Waals surface area contributed by atoms with Crippen LogP contribution in [0.15, 0.2) is 66.2 Å². The van der Waals surface area contributed by atoms with Gasteiger partial charge in [0.15, 0.2) is 0 Å². The number of halogens is 1. The van der Waals surface area contributed by atoms with Gasteiger partial charge in [0.05, 0.1) is 12.8 Å². The molecule has 1 aliphatic heterocycles. The molecule has 0 atom stereocenters. The van der Waals surface area contributed by atoms with E-state index in [1.54, 1.807) is 6.07 Å². The Bertz CT molecular complexity index is 1200. The lowest BCUT2D eigenvalue weighted by Crippen LogP contribution is -2.54. The maximum atomic E-state index is 14.2. The van der Waals surface area contributed by atoms with E-state index >= 15 is 0 Å². The number of rotatable bonds is 3. The molecule has 4 amide bonds. The number of para-hydroxylation sites is 1. The van der Waals surface area contributed by atoms with Gasteiger partial charge in [-0.2, -0.15) is 0 Å². The first-order valence-corrected chi connectivity index (χ1v) is 8.73. The molecule has 0 bridgehead atoms. The van der Waals surface area contributed by atoms with Gasteiger partial charge in [0.25, 0.3) is 11.8 Å². The molecule has 6 nitrogen and oxygen atoms in total. The minimum Gasteiger partial charge on any atom is -0.496 e. The molecule has 1 saturated heterocycles. The molecule has 0 unspecified atom stereocenters. The lowest BCUT2D eigenvalue weighted by Gasteiger charge is -2.26. The summed E-state index contributed by atoms with van der Waals surface area (Å²) in [4.78, 5) is 38.3. The van der Waals surface area contributed by atoms with E-state index < -0.39 is 23.7 Å². The number of carbonyl (C=O) groups is 3. The van der Waals surface area contributed by atoms with Gasteiger partial charge in [0.2, 0.25) is 0 Å². The minimum atomic E-state index is -1.01.